The molecule has 1 saturated heterocycles. The van der Waals surface area contributed by atoms with Gasteiger partial charge in [-0.2, -0.15) is 0 Å². The third-order valence-corrected chi connectivity index (χ3v) is 3.95. The molecule has 2 rings (SSSR count). The highest BCUT2D eigenvalue weighted by Gasteiger charge is 2.40. The number of benzene rings is 1. The van der Waals surface area contributed by atoms with Crippen LogP contribution in [0.4, 0.5) is 0 Å². The zero-order valence-electron chi connectivity index (χ0n) is 13.0. The van der Waals surface area contributed by atoms with Gasteiger partial charge in [-0.25, -0.2) is 0 Å². The Hall–Kier alpha value is -1.84. The average molecular weight is 288 g/mol. The molecule has 0 saturated carbocycles. The Labute approximate surface area is 126 Å². The van der Waals surface area contributed by atoms with E-state index in [-0.39, 0.29) is 23.8 Å². The molecule has 1 aromatic carbocycles. The van der Waals surface area contributed by atoms with Crippen LogP contribution in [0, 0.1) is 5.92 Å². The molecule has 0 spiro atoms. The van der Waals surface area contributed by atoms with E-state index >= 15 is 0 Å². The molecular weight excluding hydrogens is 264 g/mol. The molecule has 114 valence electrons. The maximum Gasteiger partial charge on any atom is 0.246 e. The summed E-state index contributed by atoms with van der Waals surface area (Å²) < 4.78 is 0. The maximum atomic E-state index is 12.7. The minimum atomic E-state index is -0.408. The zero-order valence-corrected chi connectivity index (χ0v) is 13.0. The molecule has 0 aliphatic carbocycles. The van der Waals surface area contributed by atoms with Crippen LogP contribution < -0.4 is 5.32 Å². The smallest absolute Gasteiger partial charge is 0.246 e. The van der Waals surface area contributed by atoms with Gasteiger partial charge in [0.1, 0.15) is 12.1 Å². The summed E-state index contributed by atoms with van der Waals surface area (Å²) in [6.45, 7) is 6.46. The standard InChI is InChI=1S/C17H24N2O2/c1-4-8-14-16(20)18-15(12(2)3)17(21)19(14)11-13-9-6-5-7-10-13/h5-7,9-10,12,14-15H,4,8,11H2,1-3H3,(H,18,20). The van der Waals surface area contributed by atoms with Crippen LogP contribution in [0.1, 0.15) is 39.2 Å². The van der Waals surface area contributed by atoms with Crippen molar-refractivity contribution in [3.8, 4) is 0 Å². The SMILES string of the molecule is CCCC1C(=O)NC(C(C)C)C(=O)N1Cc1ccccc1. The fourth-order valence-corrected chi connectivity index (χ4v) is 2.77. The highest BCUT2D eigenvalue weighted by atomic mass is 16.2. The van der Waals surface area contributed by atoms with Crippen molar-refractivity contribution in [2.24, 2.45) is 5.92 Å². The van der Waals surface area contributed by atoms with Crippen LogP contribution >= 0.6 is 0 Å². The lowest BCUT2D eigenvalue weighted by molar-refractivity contribution is -0.151. The summed E-state index contributed by atoms with van der Waals surface area (Å²) in [5, 5.41) is 2.89. The number of hydrogen-bond acceptors (Lipinski definition) is 2. The van der Waals surface area contributed by atoms with Gasteiger partial charge in [-0.3, -0.25) is 9.59 Å². The average Bonchev–Trinajstić information content (AvgIpc) is 2.47. The van der Waals surface area contributed by atoms with Gasteiger partial charge in [-0.15, -0.1) is 0 Å². The van der Waals surface area contributed by atoms with Crippen molar-refractivity contribution in [2.75, 3.05) is 0 Å². The molecule has 0 aromatic heterocycles. The van der Waals surface area contributed by atoms with Crippen molar-refractivity contribution in [3.05, 3.63) is 35.9 Å². The number of nitrogens with one attached hydrogen (secondary N) is 1. The van der Waals surface area contributed by atoms with E-state index in [4.69, 9.17) is 0 Å². The Morgan fingerprint density at radius 1 is 1.19 bits per heavy atom. The molecule has 1 N–H and O–H groups in total. The Bertz CT molecular complexity index is 499. The lowest BCUT2D eigenvalue weighted by Crippen LogP contribution is -2.64. The summed E-state index contributed by atoms with van der Waals surface area (Å²) in [7, 11) is 0. The van der Waals surface area contributed by atoms with Crippen molar-refractivity contribution in [1.29, 1.82) is 0 Å². The van der Waals surface area contributed by atoms with Gasteiger partial charge in [0.05, 0.1) is 0 Å². The minimum absolute atomic E-state index is 0.0221. The third-order valence-electron chi connectivity index (χ3n) is 3.95. The van der Waals surface area contributed by atoms with Crippen molar-refractivity contribution in [2.45, 2.75) is 52.2 Å². The first-order chi connectivity index (χ1) is 10.0. The van der Waals surface area contributed by atoms with Crippen molar-refractivity contribution in [3.63, 3.8) is 0 Å². The molecule has 21 heavy (non-hydrogen) atoms. The second-order valence-electron chi connectivity index (χ2n) is 5.99. The lowest BCUT2D eigenvalue weighted by Gasteiger charge is -2.40. The highest BCUT2D eigenvalue weighted by Crippen LogP contribution is 2.21. The maximum absolute atomic E-state index is 12.7. The number of carbonyl (C=O) groups is 2. The van der Waals surface area contributed by atoms with Crippen molar-refractivity contribution >= 4 is 11.8 Å². The van der Waals surface area contributed by atoms with E-state index in [1.165, 1.54) is 0 Å². The number of nitrogens with zero attached hydrogens (tertiary/aromatic N) is 1. The highest BCUT2D eigenvalue weighted by molar-refractivity contribution is 5.97. The van der Waals surface area contributed by atoms with Gasteiger partial charge in [0, 0.05) is 6.54 Å². The summed E-state index contributed by atoms with van der Waals surface area (Å²) in [5.41, 5.74) is 1.06. The van der Waals surface area contributed by atoms with Gasteiger partial charge in [-0.05, 0) is 17.9 Å². The molecule has 1 heterocycles. The minimum Gasteiger partial charge on any atom is -0.342 e. The van der Waals surface area contributed by atoms with E-state index in [0.717, 1.165) is 12.0 Å². The van der Waals surface area contributed by atoms with Crippen LogP contribution in [-0.2, 0) is 16.1 Å². The predicted molar refractivity (Wildman–Crippen MR) is 82.5 cm³/mol. The Morgan fingerprint density at radius 2 is 1.86 bits per heavy atom. The predicted octanol–water partition coefficient (Wildman–Crippen LogP) is 2.34. The van der Waals surface area contributed by atoms with E-state index in [1.807, 2.05) is 51.1 Å². The van der Waals surface area contributed by atoms with Crippen LogP contribution in [0.15, 0.2) is 30.3 Å². The van der Waals surface area contributed by atoms with Crippen LogP contribution in [0.3, 0.4) is 0 Å². The molecule has 0 radical (unpaired) electrons. The molecule has 1 aromatic rings. The number of piperazine rings is 1. The van der Waals surface area contributed by atoms with Gasteiger partial charge in [0.25, 0.3) is 0 Å². The molecular formula is C17H24N2O2. The first-order valence-corrected chi connectivity index (χ1v) is 7.69. The van der Waals surface area contributed by atoms with Crippen molar-refractivity contribution in [1.82, 2.24) is 10.2 Å². The summed E-state index contributed by atoms with van der Waals surface area (Å²) in [6, 6.07) is 9.10. The van der Waals surface area contributed by atoms with E-state index in [2.05, 4.69) is 5.32 Å². The normalized spacial score (nSPS) is 22.6. The van der Waals surface area contributed by atoms with E-state index in [0.29, 0.717) is 13.0 Å². The number of amides is 2. The Morgan fingerprint density at radius 3 is 2.43 bits per heavy atom. The summed E-state index contributed by atoms with van der Waals surface area (Å²) in [5.74, 6) is 0.111. The molecule has 2 atom stereocenters. The molecule has 2 unspecified atom stereocenters. The second-order valence-corrected chi connectivity index (χ2v) is 5.99. The molecule has 4 nitrogen and oxygen atoms in total. The fourth-order valence-electron chi connectivity index (χ4n) is 2.77. The van der Waals surface area contributed by atoms with Gasteiger partial charge >= 0.3 is 0 Å². The van der Waals surface area contributed by atoms with Gasteiger partial charge in [0.15, 0.2) is 0 Å². The van der Waals surface area contributed by atoms with Crippen molar-refractivity contribution < 1.29 is 9.59 Å². The number of rotatable bonds is 5. The number of carbonyl (C=O) groups excluding carboxylic acids is 2. The van der Waals surface area contributed by atoms with Crippen LogP contribution in [0.5, 0.6) is 0 Å². The van der Waals surface area contributed by atoms with Gasteiger partial charge < -0.3 is 10.2 Å². The zero-order chi connectivity index (χ0) is 15.4. The first-order valence-electron chi connectivity index (χ1n) is 7.69. The lowest BCUT2D eigenvalue weighted by atomic mass is 9.95. The Balaban J connectivity index is 2.25. The van der Waals surface area contributed by atoms with Crippen LogP contribution in [0.25, 0.3) is 0 Å². The van der Waals surface area contributed by atoms with Crippen LogP contribution in [-0.4, -0.2) is 28.8 Å². The molecule has 1 aliphatic rings. The van der Waals surface area contributed by atoms with Crippen LogP contribution in [0.2, 0.25) is 0 Å². The van der Waals surface area contributed by atoms with E-state index in [9.17, 15) is 9.59 Å². The van der Waals surface area contributed by atoms with Gasteiger partial charge in [0.2, 0.25) is 11.8 Å². The van der Waals surface area contributed by atoms with Gasteiger partial charge in [-0.1, -0.05) is 57.5 Å². The largest absolute Gasteiger partial charge is 0.342 e. The summed E-state index contributed by atoms with van der Waals surface area (Å²) in [4.78, 5) is 26.8. The monoisotopic (exact) mass is 288 g/mol. The number of hydrogen-bond donors (Lipinski definition) is 1. The molecule has 1 aliphatic heterocycles. The molecule has 0 bridgehead atoms. The molecule has 2 amide bonds. The quantitative estimate of drug-likeness (QED) is 0.904. The summed E-state index contributed by atoms with van der Waals surface area (Å²) in [6.07, 6.45) is 1.58. The first kappa shape index (κ1) is 15.5. The second kappa shape index (κ2) is 6.74. The third kappa shape index (κ3) is 3.43. The molecule has 4 heteroatoms. The van der Waals surface area contributed by atoms with E-state index in [1.54, 1.807) is 4.90 Å². The topological polar surface area (TPSA) is 49.4 Å². The van der Waals surface area contributed by atoms with E-state index < -0.39 is 6.04 Å². The summed E-state index contributed by atoms with van der Waals surface area (Å²) >= 11 is 0. The fraction of sp³-hybridized carbons (Fsp3) is 0.529. The Kier molecular flexibility index (Phi) is 4.99. The molecule has 1 fully saturated rings.